The molecule has 1 N–H and O–H groups in total. The van der Waals surface area contributed by atoms with Crippen molar-refractivity contribution in [3.63, 3.8) is 0 Å². The van der Waals surface area contributed by atoms with Crippen molar-refractivity contribution in [2.24, 2.45) is 11.8 Å². The molecule has 0 aromatic rings. The van der Waals surface area contributed by atoms with E-state index >= 15 is 0 Å². The van der Waals surface area contributed by atoms with Gasteiger partial charge in [0.05, 0.1) is 0 Å². The summed E-state index contributed by atoms with van der Waals surface area (Å²) in [5, 5.41) is 3.52. The van der Waals surface area contributed by atoms with E-state index in [0.29, 0.717) is 0 Å². The van der Waals surface area contributed by atoms with Gasteiger partial charge in [0.15, 0.2) is 0 Å². The normalized spacial score (nSPS) is 34.9. The molecule has 0 saturated heterocycles. The maximum atomic E-state index is 3.52. The SMILES string of the molecule is CNC1CCCC1CN(CC1CC1)C1CC1. The summed E-state index contributed by atoms with van der Waals surface area (Å²) in [7, 11) is 2.14. The zero-order chi connectivity index (χ0) is 11.0. The third-order valence-corrected chi connectivity index (χ3v) is 4.75. The molecule has 0 amide bonds. The van der Waals surface area contributed by atoms with Crippen molar-refractivity contribution in [2.45, 2.75) is 57.0 Å². The molecule has 2 atom stereocenters. The molecule has 2 nitrogen and oxygen atoms in total. The lowest BCUT2D eigenvalue weighted by Crippen LogP contribution is -2.39. The molecule has 2 unspecified atom stereocenters. The third kappa shape index (κ3) is 2.60. The van der Waals surface area contributed by atoms with Gasteiger partial charge in [-0.25, -0.2) is 0 Å². The molecule has 3 fully saturated rings. The van der Waals surface area contributed by atoms with Gasteiger partial charge in [-0.3, -0.25) is 4.90 Å². The summed E-state index contributed by atoms with van der Waals surface area (Å²) < 4.78 is 0. The van der Waals surface area contributed by atoms with E-state index in [0.717, 1.165) is 23.9 Å². The Morgan fingerprint density at radius 3 is 2.44 bits per heavy atom. The summed E-state index contributed by atoms with van der Waals surface area (Å²) in [5.41, 5.74) is 0. The number of hydrogen-bond acceptors (Lipinski definition) is 2. The summed E-state index contributed by atoms with van der Waals surface area (Å²) in [6.07, 6.45) is 10.3. The lowest BCUT2D eigenvalue weighted by atomic mass is 10.0. The molecule has 3 saturated carbocycles. The van der Waals surface area contributed by atoms with E-state index in [1.807, 2.05) is 0 Å². The molecule has 3 aliphatic rings. The predicted molar refractivity (Wildman–Crippen MR) is 67.5 cm³/mol. The number of rotatable bonds is 6. The second kappa shape index (κ2) is 4.66. The van der Waals surface area contributed by atoms with Crippen LogP contribution in [0.15, 0.2) is 0 Å². The highest BCUT2D eigenvalue weighted by Crippen LogP contribution is 2.37. The Balaban J connectivity index is 1.52. The van der Waals surface area contributed by atoms with Crippen LogP contribution in [-0.2, 0) is 0 Å². The molecule has 0 bridgehead atoms. The van der Waals surface area contributed by atoms with Gasteiger partial charge >= 0.3 is 0 Å². The van der Waals surface area contributed by atoms with Gasteiger partial charge in [0.25, 0.3) is 0 Å². The Kier molecular flexibility index (Phi) is 3.21. The fourth-order valence-electron chi connectivity index (χ4n) is 3.38. The van der Waals surface area contributed by atoms with Gasteiger partial charge in [-0.1, -0.05) is 6.42 Å². The van der Waals surface area contributed by atoms with Crippen molar-refractivity contribution in [2.75, 3.05) is 20.1 Å². The van der Waals surface area contributed by atoms with Gasteiger partial charge in [-0.2, -0.15) is 0 Å². The van der Waals surface area contributed by atoms with Gasteiger partial charge in [-0.05, 0) is 57.4 Å². The molecule has 3 rings (SSSR count). The zero-order valence-corrected chi connectivity index (χ0v) is 10.6. The largest absolute Gasteiger partial charge is 0.317 e. The van der Waals surface area contributed by atoms with Crippen LogP contribution in [0, 0.1) is 11.8 Å². The van der Waals surface area contributed by atoms with Crippen LogP contribution < -0.4 is 5.32 Å². The lowest BCUT2D eigenvalue weighted by Gasteiger charge is -2.28. The Bertz CT molecular complexity index is 233. The minimum atomic E-state index is 0.806. The van der Waals surface area contributed by atoms with Crippen molar-refractivity contribution in [1.82, 2.24) is 10.2 Å². The van der Waals surface area contributed by atoms with Crippen LogP contribution >= 0.6 is 0 Å². The minimum Gasteiger partial charge on any atom is -0.317 e. The average molecular weight is 222 g/mol. The molecule has 0 heterocycles. The first-order valence-electron chi connectivity index (χ1n) is 7.28. The first-order chi connectivity index (χ1) is 7.86. The maximum Gasteiger partial charge on any atom is 0.0104 e. The summed E-state index contributed by atoms with van der Waals surface area (Å²) in [6, 6.07) is 1.78. The lowest BCUT2D eigenvalue weighted by molar-refractivity contribution is 0.200. The molecular weight excluding hydrogens is 196 g/mol. The van der Waals surface area contributed by atoms with Crippen molar-refractivity contribution < 1.29 is 0 Å². The van der Waals surface area contributed by atoms with Crippen LogP contribution in [0.4, 0.5) is 0 Å². The number of nitrogens with zero attached hydrogens (tertiary/aromatic N) is 1. The molecule has 0 spiro atoms. The average Bonchev–Trinajstić information content (AvgIpc) is 3.17. The van der Waals surface area contributed by atoms with Gasteiger partial charge in [0.1, 0.15) is 0 Å². The first-order valence-corrected chi connectivity index (χ1v) is 7.28. The van der Waals surface area contributed by atoms with Crippen molar-refractivity contribution in [3.8, 4) is 0 Å². The Morgan fingerprint density at radius 1 is 1.00 bits per heavy atom. The second-order valence-electron chi connectivity index (χ2n) is 6.21. The van der Waals surface area contributed by atoms with Crippen molar-refractivity contribution in [1.29, 1.82) is 0 Å². The number of nitrogens with one attached hydrogen (secondary N) is 1. The van der Waals surface area contributed by atoms with E-state index in [2.05, 4.69) is 17.3 Å². The molecular formula is C14H26N2. The molecule has 0 radical (unpaired) electrons. The van der Waals surface area contributed by atoms with E-state index in [1.165, 1.54) is 58.0 Å². The fourth-order valence-corrected chi connectivity index (χ4v) is 3.38. The Labute approximate surface area is 99.8 Å². The topological polar surface area (TPSA) is 15.3 Å². The van der Waals surface area contributed by atoms with Crippen molar-refractivity contribution in [3.05, 3.63) is 0 Å². The summed E-state index contributed by atoms with van der Waals surface area (Å²) >= 11 is 0. The van der Waals surface area contributed by atoms with Gasteiger partial charge < -0.3 is 5.32 Å². The number of hydrogen-bond donors (Lipinski definition) is 1. The Hall–Kier alpha value is -0.0800. The van der Waals surface area contributed by atoms with Crippen LogP contribution in [0.5, 0.6) is 0 Å². The van der Waals surface area contributed by atoms with E-state index in [-0.39, 0.29) is 0 Å². The van der Waals surface area contributed by atoms with Gasteiger partial charge in [-0.15, -0.1) is 0 Å². The van der Waals surface area contributed by atoms with E-state index < -0.39 is 0 Å². The summed E-state index contributed by atoms with van der Waals surface area (Å²) in [6.45, 7) is 2.80. The molecule has 0 aliphatic heterocycles. The monoisotopic (exact) mass is 222 g/mol. The van der Waals surface area contributed by atoms with Gasteiger partial charge in [0, 0.05) is 25.2 Å². The highest BCUT2D eigenvalue weighted by molar-refractivity contribution is 4.92. The van der Waals surface area contributed by atoms with Crippen LogP contribution in [0.1, 0.15) is 44.9 Å². The standard InChI is InChI=1S/C14H26N2/c1-15-14-4-2-3-12(14)10-16(13-7-8-13)9-11-5-6-11/h11-15H,2-10H2,1H3. The summed E-state index contributed by atoms with van der Waals surface area (Å²) in [5.74, 6) is 2.00. The van der Waals surface area contributed by atoms with Crippen LogP contribution in [0.2, 0.25) is 0 Å². The fraction of sp³-hybridized carbons (Fsp3) is 1.00. The first kappa shape index (κ1) is 11.0. The third-order valence-electron chi connectivity index (χ3n) is 4.75. The van der Waals surface area contributed by atoms with Crippen LogP contribution in [0.3, 0.4) is 0 Å². The molecule has 0 aromatic heterocycles. The van der Waals surface area contributed by atoms with Crippen LogP contribution in [-0.4, -0.2) is 37.1 Å². The minimum absolute atomic E-state index is 0.806. The molecule has 16 heavy (non-hydrogen) atoms. The molecule has 2 heteroatoms. The van der Waals surface area contributed by atoms with Crippen LogP contribution in [0.25, 0.3) is 0 Å². The van der Waals surface area contributed by atoms with Crippen molar-refractivity contribution >= 4 is 0 Å². The second-order valence-corrected chi connectivity index (χ2v) is 6.21. The zero-order valence-electron chi connectivity index (χ0n) is 10.6. The molecule has 3 aliphatic carbocycles. The van der Waals surface area contributed by atoms with E-state index in [9.17, 15) is 0 Å². The maximum absolute atomic E-state index is 3.52. The van der Waals surface area contributed by atoms with E-state index in [1.54, 1.807) is 0 Å². The quantitative estimate of drug-likeness (QED) is 0.741. The highest BCUT2D eigenvalue weighted by atomic mass is 15.2. The molecule has 0 aromatic carbocycles. The highest BCUT2D eigenvalue weighted by Gasteiger charge is 2.36. The molecule has 92 valence electrons. The smallest absolute Gasteiger partial charge is 0.0104 e. The summed E-state index contributed by atoms with van der Waals surface area (Å²) in [4.78, 5) is 2.83. The Morgan fingerprint density at radius 2 is 1.81 bits per heavy atom. The van der Waals surface area contributed by atoms with Gasteiger partial charge in [0.2, 0.25) is 0 Å². The predicted octanol–water partition coefficient (Wildman–Crippen LogP) is 2.25. The van der Waals surface area contributed by atoms with E-state index in [4.69, 9.17) is 0 Å².